The van der Waals surface area contributed by atoms with Gasteiger partial charge in [-0.15, -0.1) is 12.4 Å². The van der Waals surface area contributed by atoms with E-state index >= 15 is 0 Å². The van der Waals surface area contributed by atoms with E-state index in [1.807, 2.05) is 0 Å². The molecule has 1 rings (SSSR count). The van der Waals surface area contributed by atoms with Gasteiger partial charge in [-0.05, 0) is 0 Å². The van der Waals surface area contributed by atoms with Gasteiger partial charge in [-0.1, -0.05) is 0 Å². The van der Waals surface area contributed by atoms with Crippen LogP contribution in [-0.4, -0.2) is 26.2 Å². The fraction of sp³-hybridized carbons (Fsp3) is 0.800. The summed E-state index contributed by atoms with van der Waals surface area (Å²) in [5, 5.41) is 3.07. The third-order valence-corrected chi connectivity index (χ3v) is 1.27. The van der Waals surface area contributed by atoms with Gasteiger partial charge in [-0.2, -0.15) is 0 Å². The molecule has 0 aromatic heterocycles. The lowest BCUT2D eigenvalue weighted by Crippen LogP contribution is -2.44. The molecule has 9 heavy (non-hydrogen) atoms. The molecule has 54 valence electrons. The lowest BCUT2D eigenvalue weighted by Gasteiger charge is -2.25. The molecule has 0 bridgehead atoms. The fourth-order valence-electron chi connectivity index (χ4n) is 0.642. The summed E-state index contributed by atoms with van der Waals surface area (Å²) < 4.78 is 4.52. The van der Waals surface area contributed by atoms with Crippen LogP contribution in [0.1, 0.15) is 0 Å². The summed E-state index contributed by atoms with van der Waals surface area (Å²) in [6.07, 6.45) is 0. The Balaban J connectivity index is 0.000000640. The molecule has 0 aromatic rings. The van der Waals surface area contributed by atoms with E-state index in [9.17, 15) is 4.79 Å². The summed E-state index contributed by atoms with van der Waals surface area (Å²) in [7, 11) is 0. The largest absolute Gasteiger partial charge is 0.468 e. The fourth-order valence-corrected chi connectivity index (χ4v) is 0.642. The number of halogens is 1. The number of carbonyl (C=O) groups is 1. The Hall–Kier alpha value is -0.280. The minimum absolute atomic E-state index is 0. The van der Waals surface area contributed by atoms with Crippen molar-refractivity contribution in [1.29, 1.82) is 0 Å². The molecule has 0 saturated carbocycles. The van der Waals surface area contributed by atoms with Crippen molar-refractivity contribution in [3.8, 4) is 0 Å². The molecule has 1 fully saturated rings. The highest BCUT2D eigenvalue weighted by Crippen LogP contribution is 2.00. The Morgan fingerprint density at radius 2 is 2.33 bits per heavy atom. The normalized spacial score (nSPS) is 17.3. The summed E-state index contributed by atoms with van der Waals surface area (Å²) in [5.74, 6) is 0.570. The van der Waals surface area contributed by atoms with Crippen LogP contribution in [0.5, 0.6) is 0 Å². The Morgan fingerprint density at radius 3 is 2.67 bits per heavy atom. The van der Waals surface area contributed by atoms with Crippen LogP contribution < -0.4 is 5.32 Å². The second-order valence-electron chi connectivity index (χ2n) is 1.95. The van der Waals surface area contributed by atoms with Crippen molar-refractivity contribution in [1.82, 2.24) is 5.32 Å². The van der Waals surface area contributed by atoms with Gasteiger partial charge in [0.05, 0.1) is 6.61 Å². The second-order valence-corrected chi connectivity index (χ2v) is 1.95. The van der Waals surface area contributed by atoms with Crippen molar-refractivity contribution in [2.24, 2.45) is 5.92 Å². The molecule has 4 heteroatoms. The van der Waals surface area contributed by atoms with Crippen LogP contribution in [0, 0.1) is 5.92 Å². The van der Waals surface area contributed by atoms with Gasteiger partial charge in [0.15, 0.2) is 0 Å². The topological polar surface area (TPSA) is 38.3 Å². The maximum Gasteiger partial charge on any atom is 0.293 e. The summed E-state index contributed by atoms with van der Waals surface area (Å²) in [6.45, 7) is 3.07. The monoisotopic (exact) mass is 151 g/mol. The van der Waals surface area contributed by atoms with E-state index in [1.54, 1.807) is 0 Å². The molecule has 0 atom stereocenters. The van der Waals surface area contributed by atoms with E-state index in [0.717, 1.165) is 13.1 Å². The highest BCUT2D eigenvalue weighted by atomic mass is 35.5. The molecule has 1 heterocycles. The van der Waals surface area contributed by atoms with Crippen LogP contribution in [-0.2, 0) is 9.53 Å². The summed E-state index contributed by atoms with van der Waals surface area (Å²) in [6, 6.07) is 0. The first kappa shape index (κ1) is 8.72. The van der Waals surface area contributed by atoms with Crippen LogP contribution in [0.3, 0.4) is 0 Å². The van der Waals surface area contributed by atoms with E-state index in [-0.39, 0.29) is 12.4 Å². The molecule has 0 unspecified atom stereocenters. The maximum atomic E-state index is 9.61. The van der Waals surface area contributed by atoms with Gasteiger partial charge >= 0.3 is 0 Å². The van der Waals surface area contributed by atoms with E-state index in [0.29, 0.717) is 19.0 Å². The number of hydrogen-bond donors (Lipinski definition) is 1. The number of carbonyl (C=O) groups excluding carboxylic acids is 1. The van der Waals surface area contributed by atoms with E-state index in [4.69, 9.17) is 0 Å². The number of rotatable bonds is 3. The van der Waals surface area contributed by atoms with E-state index < -0.39 is 0 Å². The Morgan fingerprint density at radius 1 is 1.67 bits per heavy atom. The smallest absolute Gasteiger partial charge is 0.293 e. The maximum absolute atomic E-state index is 9.61. The van der Waals surface area contributed by atoms with Crippen LogP contribution in [0.4, 0.5) is 0 Å². The minimum atomic E-state index is 0. The molecular weight excluding hydrogens is 142 g/mol. The third kappa shape index (κ3) is 2.67. The van der Waals surface area contributed by atoms with Gasteiger partial charge in [0.1, 0.15) is 0 Å². The SMILES string of the molecule is Cl.O=COCC1CNC1. The number of hydrogen-bond acceptors (Lipinski definition) is 3. The average molecular weight is 152 g/mol. The van der Waals surface area contributed by atoms with Gasteiger partial charge < -0.3 is 10.1 Å². The van der Waals surface area contributed by atoms with Crippen LogP contribution in [0.25, 0.3) is 0 Å². The van der Waals surface area contributed by atoms with E-state index in [2.05, 4.69) is 10.1 Å². The quantitative estimate of drug-likeness (QED) is 0.568. The Bertz CT molecular complexity index is 85.0. The second kappa shape index (κ2) is 4.58. The van der Waals surface area contributed by atoms with Crippen molar-refractivity contribution in [3.63, 3.8) is 0 Å². The zero-order chi connectivity index (χ0) is 5.82. The van der Waals surface area contributed by atoms with Gasteiger partial charge in [-0.25, -0.2) is 0 Å². The first-order chi connectivity index (χ1) is 3.93. The van der Waals surface area contributed by atoms with Crippen molar-refractivity contribution in [2.45, 2.75) is 0 Å². The molecule has 0 radical (unpaired) electrons. The third-order valence-electron chi connectivity index (χ3n) is 1.27. The van der Waals surface area contributed by atoms with Crippen LogP contribution >= 0.6 is 12.4 Å². The summed E-state index contributed by atoms with van der Waals surface area (Å²) in [5.41, 5.74) is 0. The van der Waals surface area contributed by atoms with Gasteiger partial charge in [0.25, 0.3) is 6.47 Å². The molecule has 0 amide bonds. The number of nitrogens with one attached hydrogen (secondary N) is 1. The molecule has 0 aromatic carbocycles. The molecule has 0 spiro atoms. The standard InChI is InChI=1S/C5H9NO2.ClH/c7-4-8-3-5-1-6-2-5;/h4-6H,1-3H2;1H. The van der Waals surface area contributed by atoms with Crippen molar-refractivity contribution < 1.29 is 9.53 Å². The predicted molar refractivity (Wildman–Crippen MR) is 35.6 cm³/mol. The first-order valence-corrected chi connectivity index (χ1v) is 2.69. The zero-order valence-corrected chi connectivity index (χ0v) is 5.82. The van der Waals surface area contributed by atoms with E-state index in [1.165, 1.54) is 0 Å². The van der Waals surface area contributed by atoms with Crippen molar-refractivity contribution in [2.75, 3.05) is 19.7 Å². The van der Waals surface area contributed by atoms with Gasteiger partial charge in [0, 0.05) is 19.0 Å². The highest BCUT2D eigenvalue weighted by molar-refractivity contribution is 5.85. The zero-order valence-electron chi connectivity index (χ0n) is 5.00. The van der Waals surface area contributed by atoms with Crippen molar-refractivity contribution >= 4 is 18.9 Å². The molecule has 1 saturated heterocycles. The van der Waals surface area contributed by atoms with Crippen LogP contribution in [0.2, 0.25) is 0 Å². The summed E-state index contributed by atoms with van der Waals surface area (Å²) in [4.78, 5) is 9.61. The molecular formula is C5H10ClNO2. The van der Waals surface area contributed by atoms with Crippen LogP contribution in [0.15, 0.2) is 0 Å². The first-order valence-electron chi connectivity index (χ1n) is 2.69. The van der Waals surface area contributed by atoms with Crippen molar-refractivity contribution in [3.05, 3.63) is 0 Å². The Labute approximate surface area is 60.2 Å². The lowest BCUT2D eigenvalue weighted by molar-refractivity contribution is -0.130. The summed E-state index contributed by atoms with van der Waals surface area (Å²) >= 11 is 0. The average Bonchev–Trinajstić information content (AvgIpc) is 1.63. The predicted octanol–water partition coefficient (Wildman–Crippen LogP) is -0.199. The highest BCUT2D eigenvalue weighted by Gasteiger charge is 2.16. The minimum Gasteiger partial charge on any atom is -0.468 e. The molecule has 1 aliphatic rings. The van der Waals surface area contributed by atoms with Gasteiger partial charge in [-0.3, -0.25) is 4.79 Å². The van der Waals surface area contributed by atoms with Gasteiger partial charge in [0.2, 0.25) is 0 Å². The molecule has 0 aliphatic carbocycles. The lowest BCUT2D eigenvalue weighted by atomic mass is 10.1. The molecule has 3 nitrogen and oxygen atoms in total. The molecule has 1 N–H and O–H groups in total. The Kier molecular flexibility index (Phi) is 4.44. The number of ether oxygens (including phenoxy) is 1. The molecule has 1 aliphatic heterocycles.